The topological polar surface area (TPSA) is 79.5 Å². The summed E-state index contributed by atoms with van der Waals surface area (Å²) in [4.78, 5) is 15.5. The van der Waals surface area contributed by atoms with Crippen molar-refractivity contribution in [3.05, 3.63) is 29.8 Å². The summed E-state index contributed by atoms with van der Waals surface area (Å²) >= 11 is 0. The number of benzene rings is 1. The van der Waals surface area contributed by atoms with Gasteiger partial charge in [-0.2, -0.15) is 0 Å². The molecule has 1 aromatic carbocycles. The zero-order chi connectivity index (χ0) is 14.8. The van der Waals surface area contributed by atoms with E-state index in [-0.39, 0.29) is 5.91 Å². The molecule has 0 saturated carbocycles. The van der Waals surface area contributed by atoms with E-state index in [1.165, 1.54) is 5.56 Å². The molecule has 0 fully saturated rings. The van der Waals surface area contributed by atoms with E-state index < -0.39 is 0 Å². The van der Waals surface area contributed by atoms with Gasteiger partial charge in [0, 0.05) is 18.7 Å². The number of aliphatic imine (C=N–C) groups is 1. The maximum absolute atomic E-state index is 11.4. The molecule has 0 aliphatic heterocycles. The Morgan fingerprint density at radius 3 is 2.55 bits per heavy atom. The van der Waals surface area contributed by atoms with E-state index in [0.29, 0.717) is 25.5 Å². The van der Waals surface area contributed by atoms with Gasteiger partial charge >= 0.3 is 0 Å². The highest BCUT2D eigenvalue weighted by molar-refractivity contribution is 5.92. The van der Waals surface area contributed by atoms with Crippen LogP contribution in [0.3, 0.4) is 0 Å². The van der Waals surface area contributed by atoms with Gasteiger partial charge in [0.05, 0.1) is 6.54 Å². The number of amides is 1. The number of guanidine groups is 1. The zero-order valence-electron chi connectivity index (χ0n) is 12.3. The number of rotatable bonds is 7. The second-order valence-electron chi connectivity index (χ2n) is 4.54. The maximum atomic E-state index is 11.4. The van der Waals surface area contributed by atoms with E-state index in [1.807, 2.05) is 31.2 Å². The number of hydrogen-bond acceptors (Lipinski definition) is 2. The van der Waals surface area contributed by atoms with Gasteiger partial charge in [-0.3, -0.25) is 9.79 Å². The molecule has 0 spiro atoms. The molecule has 5 nitrogen and oxygen atoms in total. The van der Waals surface area contributed by atoms with Gasteiger partial charge in [-0.05, 0) is 30.5 Å². The van der Waals surface area contributed by atoms with Gasteiger partial charge in [0.15, 0.2) is 5.96 Å². The highest BCUT2D eigenvalue weighted by Crippen LogP contribution is 2.09. The van der Waals surface area contributed by atoms with Crippen LogP contribution >= 0.6 is 0 Å². The van der Waals surface area contributed by atoms with Crippen molar-refractivity contribution < 1.29 is 4.79 Å². The summed E-state index contributed by atoms with van der Waals surface area (Å²) in [6.45, 7) is 5.23. The van der Waals surface area contributed by atoms with Crippen molar-refractivity contribution in [3.8, 4) is 0 Å². The zero-order valence-corrected chi connectivity index (χ0v) is 12.3. The lowest BCUT2D eigenvalue weighted by molar-refractivity contribution is -0.120. The van der Waals surface area contributed by atoms with E-state index >= 15 is 0 Å². The van der Waals surface area contributed by atoms with Crippen LogP contribution in [0.2, 0.25) is 0 Å². The number of carbonyl (C=O) groups excluding carboxylic acids is 1. The Balaban J connectivity index is 2.35. The van der Waals surface area contributed by atoms with Crippen molar-refractivity contribution in [1.82, 2.24) is 5.32 Å². The first-order chi connectivity index (χ1) is 9.65. The number of carbonyl (C=O) groups is 1. The quantitative estimate of drug-likeness (QED) is 0.525. The minimum atomic E-state index is 0.00991. The van der Waals surface area contributed by atoms with Crippen molar-refractivity contribution in [3.63, 3.8) is 0 Å². The lowest BCUT2D eigenvalue weighted by Crippen LogP contribution is -2.26. The Hall–Kier alpha value is -2.04. The molecule has 1 amide bonds. The molecule has 0 aliphatic carbocycles. The van der Waals surface area contributed by atoms with Crippen LogP contribution in [0.1, 0.15) is 32.3 Å². The summed E-state index contributed by atoms with van der Waals surface area (Å²) < 4.78 is 0. The van der Waals surface area contributed by atoms with Gasteiger partial charge in [0.2, 0.25) is 5.91 Å². The normalized spacial score (nSPS) is 11.2. The van der Waals surface area contributed by atoms with E-state index in [0.717, 1.165) is 18.5 Å². The summed E-state index contributed by atoms with van der Waals surface area (Å²) in [5, 5.41) is 5.81. The van der Waals surface area contributed by atoms with Gasteiger partial charge in [-0.15, -0.1) is 0 Å². The summed E-state index contributed by atoms with van der Waals surface area (Å²) in [6, 6.07) is 8.03. The molecule has 20 heavy (non-hydrogen) atoms. The lowest BCUT2D eigenvalue weighted by Gasteiger charge is -2.06. The number of hydrogen-bond donors (Lipinski definition) is 3. The molecule has 1 rings (SSSR count). The Labute approximate surface area is 120 Å². The van der Waals surface area contributed by atoms with Crippen LogP contribution in [-0.4, -0.2) is 25.0 Å². The van der Waals surface area contributed by atoms with Gasteiger partial charge in [-0.1, -0.05) is 26.0 Å². The first kappa shape index (κ1) is 16.0. The fourth-order valence-corrected chi connectivity index (χ4v) is 1.64. The molecule has 0 bridgehead atoms. The number of nitrogens with two attached hydrogens (primary N) is 1. The molecule has 0 radical (unpaired) electrons. The Morgan fingerprint density at radius 2 is 1.95 bits per heavy atom. The molecule has 110 valence electrons. The average Bonchev–Trinajstić information content (AvgIpc) is 2.46. The van der Waals surface area contributed by atoms with Gasteiger partial charge in [0.1, 0.15) is 0 Å². The summed E-state index contributed by atoms with van der Waals surface area (Å²) in [6.07, 6.45) is 2.31. The van der Waals surface area contributed by atoms with Crippen LogP contribution in [0.15, 0.2) is 29.3 Å². The maximum Gasteiger partial charge on any atom is 0.221 e. The fraction of sp³-hybridized carbons (Fsp3) is 0.467. The first-order valence-electron chi connectivity index (χ1n) is 7.08. The predicted molar refractivity (Wildman–Crippen MR) is 83.8 cm³/mol. The van der Waals surface area contributed by atoms with Gasteiger partial charge in [-0.25, -0.2) is 0 Å². The summed E-state index contributed by atoms with van der Waals surface area (Å²) in [5.74, 6) is 0.341. The van der Waals surface area contributed by atoms with Crippen molar-refractivity contribution in [2.75, 3.05) is 18.4 Å². The average molecular weight is 276 g/mol. The monoisotopic (exact) mass is 276 g/mol. The molecule has 5 heteroatoms. The van der Waals surface area contributed by atoms with Crippen molar-refractivity contribution >= 4 is 17.6 Å². The molecular formula is C15H24N4O. The third-order valence-corrected chi connectivity index (χ3v) is 2.83. The molecule has 0 saturated heterocycles. The van der Waals surface area contributed by atoms with E-state index in [2.05, 4.69) is 22.5 Å². The molecule has 4 N–H and O–H groups in total. The summed E-state index contributed by atoms with van der Waals surface area (Å²) in [7, 11) is 0. The molecule has 0 heterocycles. The number of nitrogens with one attached hydrogen (secondary N) is 2. The van der Waals surface area contributed by atoms with Crippen LogP contribution < -0.4 is 16.4 Å². The number of anilines is 1. The predicted octanol–water partition coefficient (Wildman–Crippen LogP) is 1.89. The van der Waals surface area contributed by atoms with Crippen molar-refractivity contribution in [2.24, 2.45) is 10.7 Å². The minimum Gasteiger partial charge on any atom is -0.370 e. The Bertz CT molecular complexity index is 440. The highest BCUT2D eigenvalue weighted by Gasteiger charge is 1.99. The molecular weight excluding hydrogens is 252 g/mol. The van der Waals surface area contributed by atoms with Crippen LogP contribution in [-0.2, 0) is 11.2 Å². The van der Waals surface area contributed by atoms with Gasteiger partial charge in [0.25, 0.3) is 0 Å². The second-order valence-corrected chi connectivity index (χ2v) is 4.54. The van der Waals surface area contributed by atoms with Crippen LogP contribution in [0.25, 0.3) is 0 Å². The van der Waals surface area contributed by atoms with Gasteiger partial charge < -0.3 is 16.4 Å². The standard InChI is InChI=1S/C15H24N4O/c1-3-10-17-14(20)9-11-18-15(16)19-13-7-5-12(4-2)6-8-13/h5-8H,3-4,9-11H2,1-2H3,(H,17,20)(H3,16,18,19). The largest absolute Gasteiger partial charge is 0.370 e. The summed E-state index contributed by atoms with van der Waals surface area (Å²) in [5.41, 5.74) is 7.95. The van der Waals surface area contributed by atoms with Crippen molar-refractivity contribution in [2.45, 2.75) is 33.1 Å². The minimum absolute atomic E-state index is 0.00991. The number of aryl methyl sites for hydroxylation is 1. The van der Waals surface area contributed by atoms with E-state index in [9.17, 15) is 4.79 Å². The van der Waals surface area contributed by atoms with E-state index in [1.54, 1.807) is 0 Å². The van der Waals surface area contributed by atoms with E-state index in [4.69, 9.17) is 5.73 Å². The van der Waals surface area contributed by atoms with Crippen LogP contribution in [0.5, 0.6) is 0 Å². The Kier molecular flexibility index (Phi) is 7.17. The molecule has 1 aromatic rings. The van der Waals surface area contributed by atoms with Crippen LogP contribution in [0.4, 0.5) is 5.69 Å². The van der Waals surface area contributed by atoms with Crippen LogP contribution in [0, 0.1) is 0 Å². The SMILES string of the molecule is CCCNC(=O)CCN=C(N)Nc1ccc(CC)cc1. The second kappa shape index (κ2) is 8.96. The highest BCUT2D eigenvalue weighted by atomic mass is 16.1. The smallest absolute Gasteiger partial charge is 0.221 e. The van der Waals surface area contributed by atoms with Crippen molar-refractivity contribution in [1.29, 1.82) is 0 Å². The third-order valence-electron chi connectivity index (χ3n) is 2.83. The molecule has 0 aromatic heterocycles. The fourth-order valence-electron chi connectivity index (χ4n) is 1.64. The first-order valence-corrected chi connectivity index (χ1v) is 7.08. The third kappa shape index (κ3) is 6.22. The Morgan fingerprint density at radius 1 is 1.25 bits per heavy atom. The molecule has 0 unspecified atom stereocenters. The number of nitrogens with zero attached hydrogens (tertiary/aromatic N) is 1. The molecule has 0 aliphatic rings. The molecule has 0 atom stereocenters. The lowest BCUT2D eigenvalue weighted by atomic mass is 10.1.